The summed E-state index contributed by atoms with van der Waals surface area (Å²) in [5.74, 6) is 0. The second kappa shape index (κ2) is 12.7. The fraction of sp³-hybridized carbons (Fsp3) is 0.682. The maximum atomic E-state index is 12.1. The van der Waals surface area contributed by atoms with Gasteiger partial charge in [0.15, 0.2) is 0 Å². The summed E-state index contributed by atoms with van der Waals surface area (Å²) in [6.07, 6.45) is 14.1. The van der Waals surface area contributed by atoms with Crippen molar-refractivity contribution < 1.29 is 4.79 Å². The molecule has 0 saturated carbocycles. The third-order valence-corrected chi connectivity index (χ3v) is 5.16. The van der Waals surface area contributed by atoms with E-state index in [1.165, 1.54) is 56.9 Å². The van der Waals surface area contributed by atoms with Gasteiger partial charge in [-0.25, -0.2) is 4.79 Å². The lowest BCUT2D eigenvalue weighted by molar-refractivity contribution is 0.245. The first kappa shape index (κ1) is 20.8. The quantitative estimate of drug-likeness (QED) is 0.473. The molecule has 146 valence electrons. The van der Waals surface area contributed by atoms with Crippen molar-refractivity contribution in [3.05, 3.63) is 29.8 Å². The van der Waals surface area contributed by atoms with Crippen molar-refractivity contribution in [1.82, 2.24) is 10.6 Å². The van der Waals surface area contributed by atoms with Crippen LogP contribution < -0.4 is 16.0 Å². The first-order chi connectivity index (χ1) is 12.8. The Morgan fingerprint density at radius 1 is 1.04 bits per heavy atom. The van der Waals surface area contributed by atoms with Gasteiger partial charge < -0.3 is 16.0 Å². The van der Waals surface area contributed by atoms with Crippen LogP contribution in [-0.2, 0) is 6.42 Å². The molecule has 1 atom stereocenters. The maximum absolute atomic E-state index is 12.1. The molecule has 0 unspecified atom stereocenters. The SMILES string of the molecule is CCCCCCCCCCc1ccc(NC(=O)N[C@@H]2CCCNC2)cc1. The fourth-order valence-corrected chi connectivity index (χ4v) is 3.55. The highest BCUT2D eigenvalue weighted by atomic mass is 16.2. The van der Waals surface area contributed by atoms with Crippen LogP contribution in [0.1, 0.15) is 76.7 Å². The molecule has 0 radical (unpaired) electrons. The van der Waals surface area contributed by atoms with Gasteiger partial charge in [0.05, 0.1) is 0 Å². The molecule has 1 aliphatic rings. The Morgan fingerprint density at radius 2 is 1.73 bits per heavy atom. The number of piperidine rings is 1. The summed E-state index contributed by atoms with van der Waals surface area (Å²) in [4.78, 5) is 12.1. The minimum atomic E-state index is -0.102. The van der Waals surface area contributed by atoms with E-state index >= 15 is 0 Å². The number of carbonyl (C=O) groups is 1. The topological polar surface area (TPSA) is 53.2 Å². The highest BCUT2D eigenvalue weighted by Gasteiger charge is 2.15. The van der Waals surface area contributed by atoms with E-state index in [0.717, 1.165) is 38.0 Å². The van der Waals surface area contributed by atoms with Gasteiger partial charge in [0, 0.05) is 18.3 Å². The van der Waals surface area contributed by atoms with Crippen molar-refractivity contribution in [1.29, 1.82) is 0 Å². The lowest BCUT2D eigenvalue weighted by Gasteiger charge is -2.23. The first-order valence-electron chi connectivity index (χ1n) is 10.6. The van der Waals surface area contributed by atoms with Gasteiger partial charge in [-0.2, -0.15) is 0 Å². The summed E-state index contributed by atoms with van der Waals surface area (Å²) >= 11 is 0. The number of hydrogen-bond acceptors (Lipinski definition) is 2. The molecule has 0 bridgehead atoms. The number of anilines is 1. The van der Waals surface area contributed by atoms with Gasteiger partial charge in [0.2, 0.25) is 0 Å². The molecule has 4 nitrogen and oxygen atoms in total. The van der Waals surface area contributed by atoms with E-state index in [1.807, 2.05) is 12.1 Å². The minimum Gasteiger partial charge on any atom is -0.334 e. The predicted molar refractivity (Wildman–Crippen MR) is 111 cm³/mol. The first-order valence-corrected chi connectivity index (χ1v) is 10.6. The Hall–Kier alpha value is -1.55. The molecular formula is C22H37N3O. The van der Waals surface area contributed by atoms with Crippen molar-refractivity contribution in [2.75, 3.05) is 18.4 Å². The second-order valence-corrected chi connectivity index (χ2v) is 7.56. The molecule has 1 saturated heterocycles. The van der Waals surface area contributed by atoms with Gasteiger partial charge in [-0.3, -0.25) is 0 Å². The Morgan fingerprint density at radius 3 is 2.38 bits per heavy atom. The summed E-state index contributed by atoms with van der Waals surface area (Å²) in [5.41, 5.74) is 2.23. The number of aryl methyl sites for hydroxylation is 1. The number of nitrogens with one attached hydrogen (secondary N) is 3. The van der Waals surface area contributed by atoms with E-state index < -0.39 is 0 Å². The van der Waals surface area contributed by atoms with Crippen LogP contribution in [0.3, 0.4) is 0 Å². The van der Waals surface area contributed by atoms with E-state index in [0.29, 0.717) is 0 Å². The van der Waals surface area contributed by atoms with Gasteiger partial charge in [0.25, 0.3) is 0 Å². The molecule has 0 aliphatic carbocycles. The van der Waals surface area contributed by atoms with Crippen LogP contribution in [0, 0.1) is 0 Å². The van der Waals surface area contributed by atoms with Gasteiger partial charge in [-0.15, -0.1) is 0 Å². The third kappa shape index (κ3) is 8.70. The Balaban J connectivity index is 1.57. The van der Waals surface area contributed by atoms with Crippen LogP contribution >= 0.6 is 0 Å². The zero-order valence-electron chi connectivity index (χ0n) is 16.5. The lowest BCUT2D eigenvalue weighted by Crippen LogP contribution is -2.47. The number of hydrogen-bond donors (Lipinski definition) is 3. The van der Waals surface area contributed by atoms with Crippen LogP contribution in [0.4, 0.5) is 10.5 Å². The van der Waals surface area contributed by atoms with Gasteiger partial charge >= 0.3 is 6.03 Å². The molecule has 1 heterocycles. The minimum absolute atomic E-state index is 0.102. The average Bonchev–Trinajstić information content (AvgIpc) is 2.66. The van der Waals surface area contributed by atoms with E-state index in [4.69, 9.17) is 0 Å². The standard InChI is InChI=1S/C22H37N3O/c1-2-3-4-5-6-7-8-9-11-19-13-15-20(16-14-19)24-22(26)25-21-12-10-17-23-18-21/h13-16,21,23H,2-12,17-18H2,1H3,(H2,24,25,26)/t21-/m1/s1. The van der Waals surface area contributed by atoms with E-state index in [1.54, 1.807) is 0 Å². The molecule has 1 aliphatic heterocycles. The number of unbranched alkanes of at least 4 members (excludes halogenated alkanes) is 7. The number of carbonyl (C=O) groups excluding carboxylic acids is 1. The normalized spacial score (nSPS) is 17.0. The van der Waals surface area contributed by atoms with Crippen LogP contribution in [0.5, 0.6) is 0 Å². The molecule has 0 aromatic heterocycles. The zero-order chi connectivity index (χ0) is 18.5. The Kier molecular flexibility index (Phi) is 10.2. The molecule has 2 rings (SSSR count). The third-order valence-electron chi connectivity index (χ3n) is 5.16. The van der Waals surface area contributed by atoms with Gasteiger partial charge in [-0.05, 0) is 49.9 Å². The van der Waals surface area contributed by atoms with Crippen molar-refractivity contribution in [3.63, 3.8) is 0 Å². The second-order valence-electron chi connectivity index (χ2n) is 7.56. The highest BCUT2D eigenvalue weighted by molar-refractivity contribution is 5.89. The summed E-state index contributed by atoms with van der Waals surface area (Å²) in [6.45, 7) is 4.19. The highest BCUT2D eigenvalue weighted by Crippen LogP contribution is 2.14. The molecule has 1 aromatic rings. The van der Waals surface area contributed by atoms with E-state index in [-0.39, 0.29) is 12.1 Å². The number of amides is 2. The molecule has 26 heavy (non-hydrogen) atoms. The smallest absolute Gasteiger partial charge is 0.319 e. The van der Waals surface area contributed by atoms with Crippen molar-refractivity contribution in [2.45, 2.75) is 83.6 Å². The van der Waals surface area contributed by atoms with Crippen LogP contribution in [0.25, 0.3) is 0 Å². The lowest BCUT2D eigenvalue weighted by atomic mass is 10.0. The maximum Gasteiger partial charge on any atom is 0.319 e. The summed E-state index contributed by atoms with van der Waals surface area (Å²) < 4.78 is 0. The Bertz CT molecular complexity index is 495. The molecule has 0 spiro atoms. The van der Waals surface area contributed by atoms with Crippen molar-refractivity contribution in [3.8, 4) is 0 Å². The van der Waals surface area contributed by atoms with Crippen molar-refractivity contribution in [2.24, 2.45) is 0 Å². The average molecular weight is 360 g/mol. The van der Waals surface area contributed by atoms with Crippen molar-refractivity contribution >= 4 is 11.7 Å². The van der Waals surface area contributed by atoms with Crippen LogP contribution in [0.2, 0.25) is 0 Å². The van der Waals surface area contributed by atoms with Crippen LogP contribution in [0.15, 0.2) is 24.3 Å². The predicted octanol–water partition coefficient (Wildman–Crippen LogP) is 5.24. The fourth-order valence-electron chi connectivity index (χ4n) is 3.55. The van der Waals surface area contributed by atoms with Crippen LogP contribution in [-0.4, -0.2) is 25.2 Å². The molecule has 2 amide bonds. The molecule has 4 heteroatoms. The molecular weight excluding hydrogens is 322 g/mol. The zero-order valence-corrected chi connectivity index (χ0v) is 16.5. The number of benzene rings is 1. The largest absolute Gasteiger partial charge is 0.334 e. The van der Waals surface area contributed by atoms with E-state index in [2.05, 4.69) is 35.0 Å². The summed E-state index contributed by atoms with van der Waals surface area (Å²) in [7, 11) is 0. The molecule has 1 fully saturated rings. The monoisotopic (exact) mass is 359 g/mol. The Labute approximate surface area is 159 Å². The number of urea groups is 1. The van der Waals surface area contributed by atoms with Gasteiger partial charge in [0.1, 0.15) is 0 Å². The van der Waals surface area contributed by atoms with E-state index in [9.17, 15) is 4.79 Å². The molecule has 3 N–H and O–H groups in total. The van der Waals surface area contributed by atoms with Gasteiger partial charge in [-0.1, -0.05) is 64.0 Å². The number of rotatable bonds is 11. The molecule has 1 aromatic carbocycles. The summed E-state index contributed by atoms with van der Waals surface area (Å²) in [6, 6.07) is 8.44. The summed E-state index contributed by atoms with van der Waals surface area (Å²) in [5, 5.41) is 9.29.